The minimum atomic E-state index is -0.0220. The third-order valence-electron chi connectivity index (χ3n) is 2.03. The Morgan fingerprint density at radius 3 is 2.50 bits per heavy atom. The topological polar surface area (TPSA) is 34.9 Å². The first-order valence-electron chi connectivity index (χ1n) is 5.39. The fourth-order valence-electron chi connectivity index (χ4n) is 1.28. The van der Waals surface area contributed by atoms with Gasteiger partial charge in [0.25, 0.3) is 5.56 Å². The Balaban J connectivity index is 0.000000606. The summed E-state index contributed by atoms with van der Waals surface area (Å²) >= 11 is 0. The van der Waals surface area contributed by atoms with Gasteiger partial charge in [0.2, 0.25) is 0 Å². The molecule has 0 unspecified atom stereocenters. The zero-order valence-electron chi connectivity index (χ0n) is 9.84. The lowest BCUT2D eigenvalue weighted by Crippen LogP contribution is -2.20. The monoisotopic (exact) mass is 216 g/mol. The fourth-order valence-corrected chi connectivity index (χ4v) is 1.28. The molecular formula is C13H16N2O. The maximum Gasteiger partial charge on any atom is 0.259 e. The first kappa shape index (κ1) is 12.2. The van der Waals surface area contributed by atoms with Crippen LogP contribution in [-0.4, -0.2) is 9.55 Å². The van der Waals surface area contributed by atoms with Crippen molar-refractivity contribution in [1.82, 2.24) is 9.55 Å². The normalized spacial score (nSPS) is 9.19. The van der Waals surface area contributed by atoms with E-state index in [9.17, 15) is 4.79 Å². The molecule has 0 aliphatic carbocycles. The van der Waals surface area contributed by atoms with Gasteiger partial charge >= 0.3 is 0 Å². The first-order chi connectivity index (χ1) is 7.79. The van der Waals surface area contributed by atoms with Crippen molar-refractivity contribution < 1.29 is 0 Å². The molecule has 84 valence electrons. The van der Waals surface area contributed by atoms with Crippen LogP contribution in [0.3, 0.4) is 0 Å². The van der Waals surface area contributed by atoms with Gasteiger partial charge in [0.05, 0.1) is 0 Å². The Bertz CT molecular complexity index is 489. The van der Waals surface area contributed by atoms with Gasteiger partial charge < -0.3 is 0 Å². The number of aryl methyl sites for hydroxylation is 1. The molecule has 0 saturated carbocycles. The lowest BCUT2D eigenvalue weighted by Gasteiger charge is -2.03. The van der Waals surface area contributed by atoms with Gasteiger partial charge in [-0.3, -0.25) is 9.36 Å². The van der Waals surface area contributed by atoms with Crippen LogP contribution in [0.5, 0.6) is 0 Å². The number of rotatable bonds is 1. The minimum Gasteiger partial charge on any atom is -0.269 e. The average Bonchev–Trinajstić information content (AvgIpc) is 2.36. The summed E-state index contributed by atoms with van der Waals surface area (Å²) in [6.45, 7) is 5.79. The second kappa shape index (κ2) is 5.85. The highest BCUT2D eigenvalue weighted by Gasteiger charge is 2.00. The lowest BCUT2D eigenvalue weighted by atomic mass is 10.3. The van der Waals surface area contributed by atoms with Crippen LogP contribution in [0.1, 0.15) is 19.4 Å². The van der Waals surface area contributed by atoms with E-state index in [1.54, 1.807) is 31.5 Å². The standard InChI is InChI=1S/C11H10N2O.C2H6/c1-9-5-4-8-13(11(9)14)10-6-2-3-7-12-10;1-2/h2-8H,1H3;1-2H3. The van der Waals surface area contributed by atoms with E-state index in [0.717, 1.165) is 5.56 Å². The van der Waals surface area contributed by atoms with Crippen LogP contribution < -0.4 is 5.56 Å². The Hall–Kier alpha value is -1.90. The van der Waals surface area contributed by atoms with Crippen molar-refractivity contribution in [2.45, 2.75) is 20.8 Å². The molecular weight excluding hydrogens is 200 g/mol. The molecule has 2 aromatic heterocycles. The van der Waals surface area contributed by atoms with Crippen molar-refractivity contribution in [3.63, 3.8) is 0 Å². The molecule has 3 heteroatoms. The molecule has 2 rings (SSSR count). The summed E-state index contributed by atoms with van der Waals surface area (Å²) in [6, 6.07) is 9.12. The van der Waals surface area contributed by atoms with Crippen molar-refractivity contribution in [3.8, 4) is 5.82 Å². The van der Waals surface area contributed by atoms with Crippen molar-refractivity contribution in [3.05, 3.63) is 58.6 Å². The summed E-state index contributed by atoms with van der Waals surface area (Å²) < 4.78 is 1.54. The molecule has 0 saturated heterocycles. The Labute approximate surface area is 95.4 Å². The molecule has 3 nitrogen and oxygen atoms in total. The van der Waals surface area contributed by atoms with Crippen LogP contribution in [-0.2, 0) is 0 Å². The zero-order valence-corrected chi connectivity index (χ0v) is 9.84. The predicted octanol–water partition coefficient (Wildman–Crippen LogP) is 2.57. The molecule has 2 aromatic rings. The highest BCUT2D eigenvalue weighted by molar-refractivity contribution is 5.24. The minimum absolute atomic E-state index is 0.0220. The van der Waals surface area contributed by atoms with Gasteiger partial charge in [0, 0.05) is 18.0 Å². The van der Waals surface area contributed by atoms with Gasteiger partial charge in [-0.05, 0) is 25.1 Å². The molecule has 0 atom stereocenters. The molecule has 2 heterocycles. The van der Waals surface area contributed by atoms with E-state index in [-0.39, 0.29) is 5.56 Å². The summed E-state index contributed by atoms with van der Waals surface area (Å²) in [4.78, 5) is 15.8. The van der Waals surface area contributed by atoms with Gasteiger partial charge in [-0.1, -0.05) is 26.0 Å². The molecule has 0 aliphatic rings. The lowest BCUT2D eigenvalue weighted by molar-refractivity contribution is 0.926. The number of aromatic nitrogens is 2. The molecule has 0 fully saturated rings. The van der Waals surface area contributed by atoms with Crippen LogP contribution in [0.4, 0.5) is 0 Å². The number of hydrogen-bond acceptors (Lipinski definition) is 2. The quantitative estimate of drug-likeness (QED) is 0.734. The highest BCUT2D eigenvalue weighted by atomic mass is 16.1. The van der Waals surface area contributed by atoms with Gasteiger partial charge in [-0.25, -0.2) is 4.98 Å². The molecule has 16 heavy (non-hydrogen) atoms. The molecule has 0 N–H and O–H groups in total. The molecule has 0 radical (unpaired) electrons. The summed E-state index contributed by atoms with van der Waals surface area (Å²) in [7, 11) is 0. The predicted molar refractivity (Wildman–Crippen MR) is 65.9 cm³/mol. The highest BCUT2D eigenvalue weighted by Crippen LogP contribution is 1.99. The van der Waals surface area contributed by atoms with E-state index in [4.69, 9.17) is 0 Å². The van der Waals surface area contributed by atoms with E-state index in [1.807, 2.05) is 32.0 Å². The maximum absolute atomic E-state index is 11.7. The van der Waals surface area contributed by atoms with E-state index in [2.05, 4.69) is 4.98 Å². The zero-order chi connectivity index (χ0) is 12.0. The van der Waals surface area contributed by atoms with Crippen LogP contribution >= 0.6 is 0 Å². The Morgan fingerprint density at radius 1 is 1.12 bits per heavy atom. The van der Waals surface area contributed by atoms with Crippen LogP contribution in [0.15, 0.2) is 47.5 Å². The Morgan fingerprint density at radius 2 is 1.88 bits per heavy atom. The summed E-state index contributed by atoms with van der Waals surface area (Å²) in [5.74, 6) is 0.654. The molecule has 0 bridgehead atoms. The van der Waals surface area contributed by atoms with Crippen molar-refractivity contribution in [1.29, 1.82) is 0 Å². The fraction of sp³-hybridized carbons (Fsp3) is 0.231. The van der Waals surface area contributed by atoms with Crippen molar-refractivity contribution >= 4 is 0 Å². The van der Waals surface area contributed by atoms with Gasteiger partial charge in [-0.2, -0.15) is 0 Å². The maximum atomic E-state index is 11.7. The molecule has 0 amide bonds. The summed E-state index contributed by atoms with van der Waals surface area (Å²) in [5.41, 5.74) is 0.698. The largest absolute Gasteiger partial charge is 0.269 e. The van der Waals surface area contributed by atoms with E-state index >= 15 is 0 Å². The molecule has 0 aromatic carbocycles. The summed E-state index contributed by atoms with van der Waals surface area (Å²) in [5, 5.41) is 0. The van der Waals surface area contributed by atoms with Crippen LogP contribution in [0, 0.1) is 6.92 Å². The number of hydrogen-bond donors (Lipinski definition) is 0. The van der Waals surface area contributed by atoms with Crippen LogP contribution in [0.2, 0.25) is 0 Å². The smallest absolute Gasteiger partial charge is 0.259 e. The SMILES string of the molecule is CC.Cc1cccn(-c2ccccn2)c1=O. The Kier molecular flexibility index (Phi) is 4.45. The average molecular weight is 216 g/mol. The summed E-state index contributed by atoms with van der Waals surface area (Å²) in [6.07, 6.45) is 3.39. The van der Waals surface area contributed by atoms with E-state index < -0.39 is 0 Å². The molecule has 0 spiro atoms. The van der Waals surface area contributed by atoms with Gasteiger partial charge in [0.1, 0.15) is 5.82 Å². The third-order valence-corrected chi connectivity index (χ3v) is 2.03. The van der Waals surface area contributed by atoms with E-state index in [1.165, 1.54) is 4.57 Å². The van der Waals surface area contributed by atoms with E-state index in [0.29, 0.717) is 5.82 Å². The molecule has 0 aliphatic heterocycles. The van der Waals surface area contributed by atoms with Gasteiger partial charge in [-0.15, -0.1) is 0 Å². The van der Waals surface area contributed by atoms with Crippen molar-refractivity contribution in [2.75, 3.05) is 0 Å². The number of pyridine rings is 2. The second-order valence-corrected chi connectivity index (χ2v) is 3.05. The van der Waals surface area contributed by atoms with Gasteiger partial charge in [0.15, 0.2) is 0 Å². The second-order valence-electron chi connectivity index (χ2n) is 3.05. The third kappa shape index (κ3) is 2.57. The van der Waals surface area contributed by atoms with Crippen LogP contribution in [0.25, 0.3) is 5.82 Å². The number of nitrogens with zero attached hydrogens (tertiary/aromatic N) is 2. The first-order valence-corrected chi connectivity index (χ1v) is 5.39. The van der Waals surface area contributed by atoms with Crippen molar-refractivity contribution in [2.24, 2.45) is 0 Å².